The molecule has 3 rings (SSSR count). The Hall–Kier alpha value is -3.23. The Kier molecular flexibility index (Phi) is 2.87. The summed E-state index contributed by atoms with van der Waals surface area (Å²) in [4.78, 5) is 32.2. The molecule has 9 heteroatoms. The quantitative estimate of drug-likeness (QED) is 0.536. The van der Waals surface area contributed by atoms with E-state index in [9.17, 15) is 14.9 Å². The van der Waals surface area contributed by atoms with E-state index in [1.54, 1.807) is 0 Å². The Morgan fingerprint density at radius 2 is 2.00 bits per heavy atom. The number of anilines is 1. The zero-order valence-corrected chi connectivity index (χ0v) is 10.7. The zero-order valence-electron chi connectivity index (χ0n) is 10.7. The summed E-state index contributed by atoms with van der Waals surface area (Å²) in [5.41, 5.74) is 6.02. The molecule has 0 radical (unpaired) electrons. The fourth-order valence-electron chi connectivity index (χ4n) is 2.00. The maximum absolute atomic E-state index is 12.3. The van der Waals surface area contributed by atoms with Crippen LogP contribution in [-0.2, 0) is 6.54 Å². The Morgan fingerprint density at radius 1 is 1.29 bits per heavy atom. The molecule has 21 heavy (non-hydrogen) atoms. The average Bonchev–Trinajstić information content (AvgIpc) is 2.89. The topological polar surface area (TPSA) is 133 Å². The van der Waals surface area contributed by atoms with Gasteiger partial charge in [-0.2, -0.15) is 4.98 Å². The molecule has 0 fully saturated rings. The molecule has 0 bridgehead atoms. The first kappa shape index (κ1) is 12.8. The van der Waals surface area contributed by atoms with Crippen LogP contribution in [0, 0.1) is 10.1 Å². The third-order valence-electron chi connectivity index (χ3n) is 2.98. The largest absolute Gasteiger partial charge is 0.435 e. The molecule has 2 aromatic heterocycles. The van der Waals surface area contributed by atoms with Gasteiger partial charge >= 0.3 is 5.95 Å². The van der Waals surface area contributed by atoms with Crippen molar-refractivity contribution in [1.82, 2.24) is 19.5 Å². The van der Waals surface area contributed by atoms with Crippen LogP contribution in [0.2, 0.25) is 0 Å². The fraction of sp³-hybridized carbons (Fsp3) is 0.0833. The van der Waals surface area contributed by atoms with E-state index in [1.807, 2.05) is 30.3 Å². The van der Waals surface area contributed by atoms with Crippen LogP contribution in [0.4, 0.5) is 11.9 Å². The number of nitrogens with two attached hydrogens (primary N) is 1. The van der Waals surface area contributed by atoms with Gasteiger partial charge in [0.1, 0.15) is 0 Å². The number of nitrogens with zero attached hydrogens (tertiary/aromatic N) is 4. The lowest BCUT2D eigenvalue weighted by Gasteiger charge is -2.07. The highest BCUT2D eigenvalue weighted by atomic mass is 16.6. The van der Waals surface area contributed by atoms with Gasteiger partial charge in [-0.15, -0.1) is 0 Å². The second-order valence-electron chi connectivity index (χ2n) is 4.36. The van der Waals surface area contributed by atoms with Gasteiger partial charge in [0.05, 0.1) is 6.54 Å². The van der Waals surface area contributed by atoms with Crippen molar-refractivity contribution in [2.24, 2.45) is 0 Å². The van der Waals surface area contributed by atoms with Crippen molar-refractivity contribution in [2.45, 2.75) is 6.54 Å². The van der Waals surface area contributed by atoms with Crippen LogP contribution < -0.4 is 11.3 Å². The Labute approximate surface area is 117 Å². The normalized spacial score (nSPS) is 10.9. The summed E-state index contributed by atoms with van der Waals surface area (Å²) in [6.45, 7) is 0.223. The van der Waals surface area contributed by atoms with Crippen LogP contribution >= 0.6 is 0 Å². The molecule has 0 atom stereocenters. The standard InChI is InChI=1S/C12H10N6O3/c13-11-15-9-8(14-12(16-9)18(20)21)10(19)17(11)6-7-4-2-1-3-5-7/h1-5H,6H2,(H2,13,15)(H,14,16). The number of benzene rings is 1. The van der Waals surface area contributed by atoms with Crippen LogP contribution in [-0.4, -0.2) is 24.4 Å². The van der Waals surface area contributed by atoms with Gasteiger partial charge < -0.3 is 15.8 Å². The summed E-state index contributed by atoms with van der Waals surface area (Å²) in [5.74, 6) is -0.579. The number of fused-ring (bicyclic) bond motifs is 1. The molecule has 0 amide bonds. The summed E-state index contributed by atoms with van der Waals surface area (Å²) in [5, 5.41) is 10.7. The molecule has 0 spiro atoms. The van der Waals surface area contributed by atoms with E-state index in [0.29, 0.717) is 0 Å². The lowest BCUT2D eigenvalue weighted by Crippen LogP contribution is -2.25. The first-order valence-electron chi connectivity index (χ1n) is 6.00. The molecule has 3 N–H and O–H groups in total. The minimum absolute atomic E-state index is 0.0353. The number of nitrogens with one attached hydrogen (secondary N) is 1. The molecule has 0 saturated carbocycles. The van der Waals surface area contributed by atoms with E-state index in [1.165, 1.54) is 4.57 Å². The van der Waals surface area contributed by atoms with Crippen LogP contribution in [0.25, 0.3) is 11.2 Å². The first-order chi connectivity index (χ1) is 10.1. The summed E-state index contributed by atoms with van der Waals surface area (Å²) in [6.07, 6.45) is 0. The van der Waals surface area contributed by atoms with E-state index < -0.39 is 16.4 Å². The number of hydrogen-bond acceptors (Lipinski definition) is 6. The first-order valence-corrected chi connectivity index (χ1v) is 6.00. The number of nitrogen functional groups attached to an aromatic ring is 1. The monoisotopic (exact) mass is 286 g/mol. The zero-order chi connectivity index (χ0) is 15.0. The van der Waals surface area contributed by atoms with Gasteiger partial charge in [0.25, 0.3) is 11.2 Å². The number of aromatic nitrogens is 4. The van der Waals surface area contributed by atoms with Gasteiger partial charge in [0.2, 0.25) is 11.5 Å². The molecule has 0 unspecified atom stereocenters. The molecule has 3 aromatic rings. The average molecular weight is 286 g/mol. The van der Waals surface area contributed by atoms with E-state index in [2.05, 4.69) is 15.0 Å². The van der Waals surface area contributed by atoms with Crippen LogP contribution in [0.5, 0.6) is 0 Å². The second kappa shape index (κ2) is 4.71. The molecule has 106 valence electrons. The van der Waals surface area contributed by atoms with E-state index in [0.717, 1.165) is 5.56 Å². The van der Waals surface area contributed by atoms with E-state index in [4.69, 9.17) is 5.73 Å². The minimum atomic E-state index is -0.723. The van der Waals surface area contributed by atoms with Crippen molar-refractivity contribution >= 4 is 23.1 Å². The summed E-state index contributed by atoms with van der Waals surface area (Å²) < 4.78 is 1.24. The highest BCUT2D eigenvalue weighted by molar-refractivity contribution is 5.72. The van der Waals surface area contributed by atoms with Crippen molar-refractivity contribution in [3.8, 4) is 0 Å². The number of H-pyrrole nitrogens is 1. The lowest BCUT2D eigenvalue weighted by atomic mass is 10.2. The van der Waals surface area contributed by atoms with Gasteiger partial charge in [0.15, 0.2) is 0 Å². The maximum Gasteiger partial charge on any atom is 0.435 e. The number of aromatic amines is 1. The summed E-state index contributed by atoms with van der Waals surface area (Å²) in [7, 11) is 0. The van der Waals surface area contributed by atoms with Crippen molar-refractivity contribution in [2.75, 3.05) is 5.73 Å². The van der Waals surface area contributed by atoms with E-state index in [-0.39, 0.29) is 23.7 Å². The molecule has 1 aromatic carbocycles. The molecule has 2 heterocycles. The molecule has 0 aliphatic carbocycles. The second-order valence-corrected chi connectivity index (χ2v) is 4.36. The highest BCUT2D eigenvalue weighted by Crippen LogP contribution is 2.13. The molecule has 9 nitrogen and oxygen atoms in total. The predicted molar refractivity (Wildman–Crippen MR) is 74.8 cm³/mol. The molecule has 0 aliphatic rings. The summed E-state index contributed by atoms with van der Waals surface area (Å²) in [6, 6.07) is 9.21. The van der Waals surface area contributed by atoms with Gasteiger partial charge in [-0.3, -0.25) is 9.36 Å². The van der Waals surface area contributed by atoms with Crippen molar-refractivity contribution in [3.05, 3.63) is 56.4 Å². The lowest BCUT2D eigenvalue weighted by molar-refractivity contribution is -0.393. The van der Waals surface area contributed by atoms with Crippen molar-refractivity contribution < 1.29 is 4.92 Å². The number of imidazole rings is 1. The van der Waals surface area contributed by atoms with Crippen molar-refractivity contribution in [3.63, 3.8) is 0 Å². The van der Waals surface area contributed by atoms with Gasteiger partial charge in [-0.25, -0.2) is 4.98 Å². The smallest absolute Gasteiger partial charge is 0.390 e. The van der Waals surface area contributed by atoms with Crippen LogP contribution in [0.1, 0.15) is 5.56 Å². The maximum atomic E-state index is 12.3. The van der Waals surface area contributed by atoms with Gasteiger partial charge in [0, 0.05) is 0 Å². The number of rotatable bonds is 3. The third kappa shape index (κ3) is 2.20. The number of nitro groups is 1. The molecule has 0 saturated heterocycles. The van der Waals surface area contributed by atoms with Gasteiger partial charge in [-0.1, -0.05) is 30.3 Å². The van der Waals surface area contributed by atoms with Crippen molar-refractivity contribution in [1.29, 1.82) is 0 Å². The van der Waals surface area contributed by atoms with E-state index >= 15 is 0 Å². The molecular weight excluding hydrogens is 276 g/mol. The third-order valence-corrected chi connectivity index (χ3v) is 2.98. The molecular formula is C12H10N6O3. The van der Waals surface area contributed by atoms with Crippen LogP contribution in [0.3, 0.4) is 0 Å². The van der Waals surface area contributed by atoms with Crippen LogP contribution in [0.15, 0.2) is 35.1 Å². The highest BCUT2D eigenvalue weighted by Gasteiger charge is 2.20. The predicted octanol–water partition coefficient (Wildman–Crippen LogP) is 0.658. The number of hydrogen-bond donors (Lipinski definition) is 2. The molecule has 0 aliphatic heterocycles. The SMILES string of the molecule is Nc1nc2nc([N+](=O)[O-])[nH]c2c(=O)n1Cc1ccccc1. The Bertz CT molecular complexity index is 883. The Morgan fingerprint density at radius 3 is 2.67 bits per heavy atom. The fourth-order valence-corrected chi connectivity index (χ4v) is 2.00. The van der Waals surface area contributed by atoms with Gasteiger partial charge in [-0.05, 0) is 15.5 Å². The summed E-state index contributed by atoms with van der Waals surface area (Å²) >= 11 is 0. The Balaban J connectivity index is 2.15. The minimum Gasteiger partial charge on any atom is -0.390 e.